The highest BCUT2D eigenvalue weighted by Crippen LogP contribution is 2.24. The van der Waals surface area contributed by atoms with Crippen molar-refractivity contribution < 1.29 is 18.7 Å². The summed E-state index contributed by atoms with van der Waals surface area (Å²) in [6, 6.07) is 5.72. The van der Waals surface area contributed by atoms with E-state index in [1.54, 1.807) is 6.92 Å². The van der Waals surface area contributed by atoms with E-state index in [1.165, 1.54) is 44.6 Å². The summed E-state index contributed by atoms with van der Waals surface area (Å²) >= 11 is 0. The topological polar surface area (TPSA) is 65.7 Å². The standard InChI is InChI=1S/C26H36O5/c1-4-25(27)30-18-14-12-10-8-6-5-7-9-11-13-17-29-22-15-16-23-20(2)21(3)26(28)31-24(23)19-22/h4,15-16,19H,1,5-14,17-18H2,2-3H3. The lowest BCUT2D eigenvalue weighted by Crippen LogP contribution is -2.05. The first-order chi connectivity index (χ1) is 15.0. The van der Waals surface area contributed by atoms with Crippen molar-refractivity contribution in [2.24, 2.45) is 0 Å². The number of benzene rings is 1. The molecule has 0 spiro atoms. The zero-order chi connectivity index (χ0) is 22.5. The minimum atomic E-state index is -0.332. The molecule has 0 saturated heterocycles. The van der Waals surface area contributed by atoms with Gasteiger partial charge in [-0.15, -0.1) is 0 Å². The fraction of sp³-hybridized carbons (Fsp3) is 0.538. The molecule has 0 atom stereocenters. The highest BCUT2D eigenvalue weighted by Gasteiger charge is 2.08. The van der Waals surface area contributed by atoms with E-state index in [2.05, 4.69) is 6.58 Å². The normalized spacial score (nSPS) is 10.9. The Morgan fingerprint density at radius 2 is 1.48 bits per heavy atom. The van der Waals surface area contributed by atoms with Gasteiger partial charge in [0.1, 0.15) is 11.3 Å². The number of unbranched alkanes of at least 4 members (excludes halogenated alkanes) is 9. The number of fused-ring (bicyclic) bond motifs is 1. The van der Waals surface area contributed by atoms with Crippen LogP contribution in [0.2, 0.25) is 0 Å². The van der Waals surface area contributed by atoms with Crippen LogP contribution < -0.4 is 10.4 Å². The SMILES string of the molecule is C=CC(=O)OCCCCCCCCCCCCOc1ccc2c(C)c(C)c(=O)oc2c1. The summed E-state index contributed by atoms with van der Waals surface area (Å²) in [6.07, 6.45) is 12.9. The predicted octanol–water partition coefficient (Wildman–Crippen LogP) is 6.42. The summed E-state index contributed by atoms with van der Waals surface area (Å²) in [6.45, 7) is 8.29. The molecule has 0 N–H and O–H groups in total. The van der Waals surface area contributed by atoms with Gasteiger partial charge >= 0.3 is 11.6 Å². The van der Waals surface area contributed by atoms with Crippen LogP contribution in [-0.2, 0) is 9.53 Å². The molecule has 5 heteroatoms. The van der Waals surface area contributed by atoms with Crippen molar-refractivity contribution in [3.63, 3.8) is 0 Å². The number of carbonyl (C=O) groups excluding carboxylic acids is 1. The van der Waals surface area contributed by atoms with Crippen molar-refractivity contribution in [1.82, 2.24) is 0 Å². The molecule has 31 heavy (non-hydrogen) atoms. The maximum atomic E-state index is 11.9. The second kappa shape index (κ2) is 13.7. The molecule has 1 heterocycles. The Balaban J connectivity index is 1.49. The Morgan fingerprint density at radius 3 is 2.10 bits per heavy atom. The first-order valence-electron chi connectivity index (χ1n) is 11.5. The second-order valence-electron chi connectivity index (χ2n) is 8.05. The largest absolute Gasteiger partial charge is 0.493 e. The molecule has 0 aliphatic carbocycles. The van der Waals surface area contributed by atoms with E-state index in [1.807, 2.05) is 25.1 Å². The summed E-state index contributed by atoms with van der Waals surface area (Å²) in [5.74, 6) is 0.416. The number of carbonyl (C=O) groups is 1. The van der Waals surface area contributed by atoms with Gasteiger partial charge < -0.3 is 13.9 Å². The maximum Gasteiger partial charge on any atom is 0.339 e. The zero-order valence-electron chi connectivity index (χ0n) is 19.0. The van der Waals surface area contributed by atoms with Crippen LogP contribution >= 0.6 is 0 Å². The van der Waals surface area contributed by atoms with Crippen LogP contribution in [-0.4, -0.2) is 19.2 Å². The van der Waals surface area contributed by atoms with Gasteiger partial charge in [-0.2, -0.15) is 0 Å². The van der Waals surface area contributed by atoms with E-state index in [4.69, 9.17) is 13.9 Å². The molecule has 0 aliphatic heterocycles. The molecule has 170 valence electrons. The van der Waals surface area contributed by atoms with Gasteiger partial charge in [0.05, 0.1) is 13.2 Å². The minimum absolute atomic E-state index is 0.281. The van der Waals surface area contributed by atoms with Gasteiger partial charge in [0.2, 0.25) is 0 Å². The molecule has 5 nitrogen and oxygen atoms in total. The van der Waals surface area contributed by atoms with Gasteiger partial charge in [-0.25, -0.2) is 9.59 Å². The lowest BCUT2D eigenvalue weighted by Gasteiger charge is -2.09. The Bertz CT molecular complexity index is 897. The predicted molar refractivity (Wildman–Crippen MR) is 125 cm³/mol. The third-order valence-corrected chi connectivity index (χ3v) is 5.65. The molecule has 2 rings (SSSR count). The zero-order valence-corrected chi connectivity index (χ0v) is 19.0. The van der Waals surface area contributed by atoms with E-state index in [-0.39, 0.29) is 11.6 Å². The van der Waals surface area contributed by atoms with Crippen LogP contribution in [0.5, 0.6) is 5.75 Å². The Kier molecular flexibility index (Phi) is 10.9. The summed E-state index contributed by atoms with van der Waals surface area (Å²) in [4.78, 5) is 22.8. The van der Waals surface area contributed by atoms with Crippen molar-refractivity contribution in [2.45, 2.75) is 78.1 Å². The van der Waals surface area contributed by atoms with Gasteiger partial charge in [0, 0.05) is 23.1 Å². The molecule has 1 aromatic carbocycles. The van der Waals surface area contributed by atoms with Gasteiger partial charge in [-0.1, -0.05) is 57.9 Å². The van der Waals surface area contributed by atoms with Gasteiger partial charge in [0.15, 0.2) is 0 Å². The lowest BCUT2D eigenvalue weighted by molar-refractivity contribution is -0.137. The van der Waals surface area contributed by atoms with Crippen LogP contribution in [0.15, 0.2) is 40.1 Å². The minimum Gasteiger partial charge on any atom is -0.493 e. The van der Waals surface area contributed by atoms with E-state index in [0.717, 1.165) is 42.4 Å². The lowest BCUT2D eigenvalue weighted by atomic mass is 10.1. The Morgan fingerprint density at radius 1 is 0.903 bits per heavy atom. The number of ether oxygens (including phenoxy) is 2. The van der Waals surface area contributed by atoms with Crippen molar-refractivity contribution >= 4 is 16.9 Å². The number of esters is 1. The highest BCUT2D eigenvalue weighted by atomic mass is 16.5. The van der Waals surface area contributed by atoms with Crippen molar-refractivity contribution in [3.05, 3.63) is 52.4 Å². The third kappa shape index (κ3) is 8.60. The number of hydrogen-bond acceptors (Lipinski definition) is 5. The smallest absolute Gasteiger partial charge is 0.339 e. The Labute approximate surface area is 185 Å². The van der Waals surface area contributed by atoms with Gasteiger partial charge in [0.25, 0.3) is 0 Å². The monoisotopic (exact) mass is 428 g/mol. The number of hydrogen-bond donors (Lipinski definition) is 0. The van der Waals surface area contributed by atoms with Crippen LogP contribution in [0.3, 0.4) is 0 Å². The van der Waals surface area contributed by atoms with Gasteiger partial charge in [-0.3, -0.25) is 0 Å². The van der Waals surface area contributed by atoms with E-state index in [9.17, 15) is 9.59 Å². The molecular formula is C26H36O5. The summed E-state index contributed by atoms with van der Waals surface area (Å²) < 4.78 is 16.2. The first-order valence-corrected chi connectivity index (χ1v) is 11.5. The summed E-state index contributed by atoms with van der Waals surface area (Å²) in [5, 5.41) is 0.959. The van der Waals surface area contributed by atoms with E-state index in [0.29, 0.717) is 24.4 Å². The highest BCUT2D eigenvalue weighted by molar-refractivity contribution is 5.82. The molecule has 0 fully saturated rings. The van der Waals surface area contributed by atoms with E-state index >= 15 is 0 Å². The Hall–Kier alpha value is -2.56. The van der Waals surface area contributed by atoms with Crippen molar-refractivity contribution in [3.8, 4) is 5.75 Å². The van der Waals surface area contributed by atoms with Crippen molar-refractivity contribution in [1.29, 1.82) is 0 Å². The summed E-state index contributed by atoms with van der Waals surface area (Å²) in [7, 11) is 0. The molecule has 0 saturated carbocycles. The third-order valence-electron chi connectivity index (χ3n) is 5.65. The van der Waals surface area contributed by atoms with Gasteiger partial charge in [-0.05, 0) is 44.4 Å². The average molecular weight is 429 g/mol. The average Bonchev–Trinajstić information content (AvgIpc) is 2.77. The van der Waals surface area contributed by atoms with Crippen LogP contribution in [0.1, 0.15) is 75.3 Å². The van der Waals surface area contributed by atoms with Crippen LogP contribution in [0.4, 0.5) is 0 Å². The first kappa shape index (κ1) is 24.7. The molecule has 0 aliphatic rings. The molecular weight excluding hydrogens is 392 g/mol. The van der Waals surface area contributed by atoms with Crippen molar-refractivity contribution in [2.75, 3.05) is 13.2 Å². The fourth-order valence-electron chi connectivity index (χ4n) is 3.56. The molecule has 1 aromatic heterocycles. The van der Waals surface area contributed by atoms with Crippen LogP contribution in [0, 0.1) is 13.8 Å². The second-order valence-corrected chi connectivity index (χ2v) is 8.05. The summed E-state index contributed by atoms with van der Waals surface area (Å²) in [5.41, 5.74) is 1.93. The molecule has 0 radical (unpaired) electrons. The van der Waals surface area contributed by atoms with Crippen LogP contribution in [0.25, 0.3) is 11.0 Å². The number of rotatable bonds is 15. The molecule has 0 amide bonds. The fourth-order valence-corrected chi connectivity index (χ4v) is 3.56. The molecule has 2 aromatic rings. The molecule has 0 bridgehead atoms. The number of aryl methyl sites for hydroxylation is 1. The van der Waals surface area contributed by atoms with E-state index < -0.39 is 0 Å². The maximum absolute atomic E-state index is 11.9. The quantitative estimate of drug-likeness (QED) is 0.142. The molecule has 0 unspecified atom stereocenters.